The van der Waals surface area contributed by atoms with Gasteiger partial charge in [0.2, 0.25) is 0 Å². The second kappa shape index (κ2) is 8.72. The van der Waals surface area contributed by atoms with Crippen LogP contribution in [0, 0.1) is 6.92 Å². The SMILES string of the molecule is COCCOc1cc2c(cc1OC)c(-c1cccn1S(=O)(=O)c1ccc(C)cc1)cn2C. The van der Waals surface area contributed by atoms with Crippen molar-refractivity contribution in [3.05, 3.63) is 66.5 Å². The molecule has 32 heavy (non-hydrogen) atoms. The lowest BCUT2D eigenvalue weighted by molar-refractivity contribution is 0.144. The van der Waals surface area contributed by atoms with Gasteiger partial charge in [-0.1, -0.05) is 17.7 Å². The van der Waals surface area contributed by atoms with Crippen LogP contribution in [-0.4, -0.2) is 44.4 Å². The first-order valence-electron chi connectivity index (χ1n) is 10.2. The third-order valence-corrected chi connectivity index (χ3v) is 7.09. The summed E-state index contributed by atoms with van der Waals surface area (Å²) in [6.07, 6.45) is 3.49. The van der Waals surface area contributed by atoms with E-state index in [0.29, 0.717) is 30.4 Å². The van der Waals surface area contributed by atoms with Crippen molar-refractivity contribution in [3.63, 3.8) is 0 Å². The van der Waals surface area contributed by atoms with Crippen molar-refractivity contribution in [2.75, 3.05) is 27.4 Å². The van der Waals surface area contributed by atoms with Gasteiger partial charge in [0.05, 0.1) is 29.8 Å². The number of aryl methyl sites for hydroxylation is 2. The molecular formula is C24H26N2O5S. The predicted molar refractivity (Wildman–Crippen MR) is 124 cm³/mol. The number of ether oxygens (including phenoxy) is 3. The zero-order valence-corrected chi connectivity index (χ0v) is 19.3. The summed E-state index contributed by atoms with van der Waals surface area (Å²) >= 11 is 0. The summed E-state index contributed by atoms with van der Waals surface area (Å²) in [5.74, 6) is 1.17. The van der Waals surface area contributed by atoms with Crippen molar-refractivity contribution in [2.45, 2.75) is 11.8 Å². The summed E-state index contributed by atoms with van der Waals surface area (Å²) in [5, 5.41) is 0.863. The van der Waals surface area contributed by atoms with E-state index in [1.54, 1.807) is 56.8 Å². The third kappa shape index (κ3) is 3.87. The fraction of sp³-hybridized carbons (Fsp3) is 0.250. The average molecular weight is 455 g/mol. The molecule has 4 rings (SSSR count). The molecule has 0 amide bonds. The van der Waals surface area contributed by atoms with Crippen LogP contribution in [0.2, 0.25) is 0 Å². The fourth-order valence-corrected chi connectivity index (χ4v) is 5.06. The average Bonchev–Trinajstić information content (AvgIpc) is 3.39. The first-order chi connectivity index (χ1) is 15.4. The van der Waals surface area contributed by atoms with Gasteiger partial charge < -0.3 is 18.8 Å². The Morgan fingerprint density at radius 3 is 2.41 bits per heavy atom. The molecule has 0 atom stereocenters. The number of rotatable bonds is 8. The molecule has 168 valence electrons. The van der Waals surface area contributed by atoms with Gasteiger partial charge in [0.25, 0.3) is 10.0 Å². The highest BCUT2D eigenvalue weighted by Gasteiger charge is 2.23. The minimum atomic E-state index is -3.75. The minimum Gasteiger partial charge on any atom is -0.493 e. The van der Waals surface area contributed by atoms with Gasteiger partial charge in [0.1, 0.15) is 6.61 Å². The van der Waals surface area contributed by atoms with Crippen molar-refractivity contribution in [1.82, 2.24) is 8.54 Å². The molecule has 0 saturated heterocycles. The maximum atomic E-state index is 13.4. The standard InChI is InChI=1S/C24H26N2O5S/c1-17-7-9-18(10-8-17)32(27,28)26-11-5-6-21(26)20-16-25(2)22-15-24(31-13-12-29-3)23(30-4)14-19(20)22/h5-11,14-16H,12-13H2,1-4H3. The van der Waals surface area contributed by atoms with Gasteiger partial charge in [0.15, 0.2) is 11.5 Å². The Kier molecular flexibility index (Phi) is 5.99. The topological polar surface area (TPSA) is 71.7 Å². The molecule has 0 fully saturated rings. The Morgan fingerprint density at radius 1 is 0.969 bits per heavy atom. The molecule has 4 aromatic rings. The molecule has 0 N–H and O–H groups in total. The molecule has 0 bridgehead atoms. The van der Waals surface area contributed by atoms with Crippen LogP contribution in [0.4, 0.5) is 0 Å². The number of hydrogen-bond acceptors (Lipinski definition) is 5. The van der Waals surface area contributed by atoms with Crippen molar-refractivity contribution >= 4 is 20.9 Å². The van der Waals surface area contributed by atoms with E-state index in [9.17, 15) is 8.42 Å². The predicted octanol–water partition coefficient (Wildman–Crippen LogP) is 4.23. The molecule has 0 aliphatic rings. The number of nitrogens with zero attached hydrogens (tertiary/aromatic N) is 2. The van der Waals surface area contributed by atoms with Gasteiger partial charge in [-0.3, -0.25) is 0 Å². The van der Waals surface area contributed by atoms with Gasteiger partial charge >= 0.3 is 0 Å². The van der Waals surface area contributed by atoms with Gasteiger partial charge in [-0.15, -0.1) is 0 Å². The fourth-order valence-electron chi connectivity index (χ4n) is 3.71. The van der Waals surface area contributed by atoms with Crippen molar-refractivity contribution in [3.8, 4) is 22.8 Å². The molecule has 2 aromatic heterocycles. The van der Waals surface area contributed by atoms with Crippen LogP contribution >= 0.6 is 0 Å². The molecule has 0 radical (unpaired) electrons. The quantitative estimate of drug-likeness (QED) is 0.373. The van der Waals surface area contributed by atoms with Crippen LogP contribution in [0.15, 0.2) is 65.8 Å². The Bertz CT molecular complexity index is 1350. The zero-order valence-electron chi connectivity index (χ0n) is 18.5. The van der Waals surface area contributed by atoms with Gasteiger partial charge in [-0.05, 0) is 37.3 Å². The van der Waals surface area contributed by atoms with E-state index in [1.165, 1.54) is 3.97 Å². The minimum absolute atomic E-state index is 0.243. The van der Waals surface area contributed by atoms with Gasteiger partial charge in [0, 0.05) is 43.6 Å². The highest BCUT2D eigenvalue weighted by atomic mass is 32.2. The molecule has 0 aliphatic heterocycles. The van der Waals surface area contributed by atoms with Crippen LogP contribution in [0.3, 0.4) is 0 Å². The Hall–Kier alpha value is -3.23. The van der Waals surface area contributed by atoms with Crippen LogP contribution in [0.1, 0.15) is 5.56 Å². The number of fused-ring (bicyclic) bond motifs is 1. The van der Waals surface area contributed by atoms with Crippen LogP contribution in [0.25, 0.3) is 22.2 Å². The highest BCUT2D eigenvalue weighted by Crippen LogP contribution is 2.39. The summed E-state index contributed by atoms with van der Waals surface area (Å²) in [6, 6.07) is 14.2. The zero-order chi connectivity index (χ0) is 22.9. The molecule has 2 heterocycles. The summed E-state index contributed by atoms with van der Waals surface area (Å²) in [6.45, 7) is 2.78. The first kappa shape index (κ1) is 22.0. The maximum absolute atomic E-state index is 13.4. The van der Waals surface area contributed by atoms with E-state index < -0.39 is 10.0 Å². The van der Waals surface area contributed by atoms with E-state index >= 15 is 0 Å². The third-order valence-electron chi connectivity index (χ3n) is 5.39. The summed E-state index contributed by atoms with van der Waals surface area (Å²) in [7, 11) is 1.36. The van der Waals surface area contributed by atoms with E-state index in [0.717, 1.165) is 22.0 Å². The number of benzene rings is 2. The largest absolute Gasteiger partial charge is 0.493 e. The lowest BCUT2D eigenvalue weighted by atomic mass is 10.1. The normalized spacial score (nSPS) is 11.8. The maximum Gasteiger partial charge on any atom is 0.268 e. The Balaban J connectivity index is 1.84. The first-order valence-corrected chi connectivity index (χ1v) is 11.6. The molecule has 0 saturated carbocycles. The van der Waals surface area contributed by atoms with Crippen molar-refractivity contribution in [2.24, 2.45) is 7.05 Å². The number of methoxy groups -OCH3 is 2. The summed E-state index contributed by atoms with van der Waals surface area (Å²) < 4.78 is 46.4. The van der Waals surface area contributed by atoms with E-state index in [1.807, 2.05) is 36.9 Å². The lowest BCUT2D eigenvalue weighted by Gasteiger charge is -2.12. The van der Waals surface area contributed by atoms with Crippen molar-refractivity contribution in [1.29, 1.82) is 0 Å². The smallest absolute Gasteiger partial charge is 0.268 e. The summed E-state index contributed by atoms with van der Waals surface area (Å²) in [5.41, 5.74) is 3.26. The van der Waals surface area contributed by atoms with Crippen LogP contribution in [-0.2, 0) is 21.8 Å². The molecule has 7 nitrogen and oxygen atoms in total. The monoisotopic (exact) mass is 454 g/mol. The molecule has 8 heteroatoms. The van der Waals surface area contributed by atoms with Gasteiger partial charge in [-0.2, -0.15) is 0 Å². The summed E-state index contributed by atoms with van der Waals surface area (Å²) in [4.78, 5) is 0.243. The number of hydrogen-bond donors (Lipinski definition) is 0. The van der Waals surface area contributed by atoms with E-state index in [2.05, 4.69) is 0 Å². The molecule has 0 spiro atoms. The lowest BCUT2D eigenvalue weighted by Crippen LogP contribution is -2.13. The molecule has 0 aliphatic carbocycles. The Labute approximate surface area is 187 Å². The molecule has 2 aromatic carbocycles. The highest BCUT2D eigenvalue weighted by molar-refractivity contribution is 7.90. The van der Waals surface area contributed by atoms with Crippen LogP contribution in [0.5, 0.6) is 11.5 Å². The van der Waals surface area contributed by atoms with E-state index in [-0.39, 0.29) is 4.90 Å². The van der Waals surface area contributed by atoms with E-state index in [4.69, 9.17) is 14.2 Å². The second-order valence-electron chi connectivity index (χ2n) is 7.52. The molecular weight excluding hydrogens is 428 g/mol. The van der Waals surface area contributed by atoms with Crippen molar-refractivity contribution < 1.29 is 22.6 Å². The Morgan fingerprint density at radius 2 is 1.72 bits per heavy atom. The molecule has 0 unspecified atom stereocenters. The number of aromatic nitrogens is 2. The second-order valence-corrected chi connectivity index (χ2v) is 9.34. The van der Waals surface area contributed by atoms with Crippen LogP contribution < -0.4 is 9.47 Å². The van der Waals surface area contributed by atoms with Gasteiger partial charge in [-0.25, -0.2) is 12.4 Å².